The summed E-state index contributed by atoms with van der Waals surface area (Å²) in [6.07, 6.45) is -1.73. The van der Waals surface area contributed by atoms with Crippen LogP contribution in [0.4, 0.5) is 13.2 Å². The standard InChI is InChI=1S/C28H26F3NO4/c1-15(2)11-12-22(17(4)27(34)35)32-18(5)20-13-16(3)14-21-24(33)23(28(29,30)31)25(36-26(20)21)19-9-7-6-8-10-19/h6-14,18,32H,1H2,2-5H3,(H,34,35)/b12-11-,22-17-. The molecule has 0 saturated carbocycles. The Morgan fingerprint density at radius 1 is 1.14 bits per heavy atom. The van der Waals surface area contributed by atoms with Crippen molar-refractivity contribution in [3.8, 4) is 11.3 Å². The molecule has 188 valence electrons. The van der Waals surface area contributed by atoms with Gasteiger partial charge in [0.2, 0.25) is 5.43 Å². The van der Waals surface area contributed by atoms with Crippen LogP contribution in [0.25, 0.3) is 22.3 Å². The van der Waals surface area contributed by atoms with Crippen LogP contribution in [-0.4, -0.2) is 11.1 Å². The highest BCUT2D eigenvalue weighted by atomic mass is 19.4. The maximum absolute atomic E-state index is 14.0. The molecule has 0 aliphatic heterocycles. The van der Waals surface area contributed by atoms with E-state index in [0.29, 0.717) is 16.7 Å². The van der Waals surface area contributed by atoms with E-state index in [2.05, 4.69) is 11.9 Å². The van der Waals surface area contributed by atoms with Crippen LogP contribution in [0.2, 0.25) is 0 Å². The molecule has 0 bridgehead atoms. The van der Waals surface area contributed by atoms with Crippen molar-refractivity contribution >= 4 is 16.9 Å². The molecule has 8 heteroatoms. The van der Waals surface area contributed by atoms with Crippen molar-refractivity contribution in [1.82, 2.24) is 5.32 Å². The molecule has 2 N–H and O–H groups in total. The van der Waals surface area contributed by atoms with E-state index in [9.17, 15) is 27.9 Å². The summed E-state index contributed by atoms with van der Waals surface area (Å²) in [4.78, 5) is 24.8. The smallest absolute Gasteiger partial charge is 0.423 e. The molecule has 0 aliphatic rings. The molecule has 1 unspecified atom stereocenters. The second-order valence-electron chi connectivity index (χ2n) is 8.62. The number of alkyl halides is 3. The Kier molecular flexibility index (Phi) is 7.57. The average Bonchev–Trinajstić information content (AvgIpc) is 2.80. The average molecular weight is 498 g/mol. The molecular formula is C28H26F3NO4. The second-order valence-corrected chi connectivity index (χ2v) is 8.62. The van der Waals surface area contributed by atoms with Crippen molar-refractivity contribution in [3.63, 3.8) is 0 Å². The van der Waals surface area contributed by atoms with Gasteiger partial charge in [-0.25, -0.2) is 4.79 Å². The number of nitrogens with one attached hydrogen (secondary N) is 1. The van der Waals surface area contributed by atoms with E-state index in [1.54, 1.807) is 57.2 Å². The van der Waals surface area contributed by atoms with E-state index in [1.807, 2.05) is 0 Å². The third kappa shape index (κ3) is 5.59. The second kappa shape index (κ2) is 10.3. The lowest BCUT2D eigenvalue weighted by atomic mass is 9.98. The van der Waals surface area contributed by atoms with Crippen molar-refractivity contribution in [3.05, 3.63) is 105 Å². The van der Waals surface area contributed by atoms with Gasteiger partial charge in [0.25, 0.3) is 0 Å². The number of fused-ring (bicyclic) bond motifs is 1. The van der Waals surface area contributed by atoms with Gasteiger partial charge in [-0.05, 0) is 45.4 Å². The first-order chi connectivity index (χ1) is 16.8. The highest BCUT2D eigenvalue weighted by Gasteiger charge is 2.39. The Morgan fingerprint density at radius 3 is 2.33 bits per heavy atom. The fourth-order valence-electron chi connectivity index (χ4n) is 3.78. The first-order valence-corrected chi connectivity index (χ1v) is 11.1. The zero-order valence-corrected chi connectivity index (χ0v) is 20.3. The summed E-state index contributed by atoms with van der Waals surface area (Å²) in [7, 11) is 0. The van der Waals surface area contributed by atoms with Gasteiger partial charge in [-0.15, -0.1) is 0 Å². The number of aryl methyl sites for hydroxylation is 1. The molecule has 2 aromatic carbocycles. The van der Waals surface area contributed by atoms with Crippen molar-refractivity contribution in [2.24, 2.45) is 0 Å². The first kappa shape index (κ1) is 26.5. The van der Waals surface area contributed by atoms with Gasteiger partial charge in [0.05, 0.1) is 17.0 Å². The number of halogens is 3. The van der Waals surface area contributed by atoms with Crippen LogP contribution >= 0.6 is 0 Å². The molecule has 1 aromatic heterocycles. The Bertz CT molecular complexity index is 1450. The number of rotatable bonds is 7. The van der Waals surface area contributed by atoms with Crippen LogP contribution in [-0.2, 0) is 11.0 Å². The minimum Gasteiger partial charge on any atom is -0.478 e. The lowest BCUT2D eigenvalue weighted by Crippen LogP contribution is -2.23. The Morgan fingerprint density at radius 2 is 1.78 bits per heavy atom. The summed E-state index contributed by atoms with van der Waals surface area (Å²) >= 11 is 0. The van der Waals surface area contributed by atoms with E-state index < -0.39 is 34.9 Å². The molecular weight excluding hydrogens is 471 g/mol. The van der Waals surface area contributed by atoms with E-state index in [1.165, 1.54) is 25.1 Å². The Balaban J connectivity index is 2.30. The van der Waals surface area contributed by atoms with Gasteiger partial charge >= 0.3 is 12.1 Å². The number of benzene rings is 2. The lowest BCUT2D eigenvalue weighted by molar-refractivity contribution is -0.138. The summed E-state index contributed by atoms with van der Waals surface area (Å²) in [5.74, 6) is -1.71. The molecule has 0 saturated heterocycles. The number of hydrogen-bond acceptors (Lipinski definition) is 4. The van der Waals surface area contributed by atoms with E-state index in [-0.39, 0.29) is 27.8 Å². The molecule has 36 heavy (non-hydrogen) atoms. The lowest BCUT2D eigenvalue weighted by Gasteiger charge is -2.21. The summed E-state index contributed by atoms with van der Waals surface area (Å²) < 4.78 is 47.9. The van der Waals surface area contributed by atoms with Crippen molar-refractivity contribution in [1.29, 1.82) is 0 Å². The quantitative estimate of drug-likeness (QED) is 0.273. The van der Waals surface area contributed by atoms with Crippen LogP contribution in [0.5, 0.6) is 0 Å². The molecule has 3 rings (SSSR count). The SMILES string of the molecule is C=C(C)/C=C\C(NC(C)c1cc(C)cc2c(=O)c(C(F)(F)F)c(-c3ccccc3)oc12)=C(/C)C(=O)O. The predicted octanol–water partition coefficient (Wildman–Crippen LogP) is 6.93. The van der Waals surface area contributed by atoms with Crippen molar-refractivity contribution < 1.29 is 27.5 Å². The third-order valence-corrected chi connectivity index (χ3v) is 5.58. The van der Waals surface area contributed by atoms with E-state index in [4.69, 9.17) is 4.42 Å². The van der Waals surface area contributed by atoms with Gasteiger partial charge in [-0.1, -0.05) is 54.6 Å². The molecule has 3 aromatic rings. The van der Waals surface area contributed by atoms with E-state index >= 15 is 0 Å². The molecule has 1 atom stereocenters. The Hall–Kier alpha value is -4.07. The molecule has 0 radical (unpaired) electrons. The third-order valence-electron chi connectivity index (χ3n) is 5.58. The molecule has 0 spiro atoms. The minimum atomic E-state index is -4.93. The number of carboxylic acid groups (broad SMARTS) is 1. The van der Waals surface area contributed by atoms with Gasteiger partial charge in [0.1, 0.15) is 11.1 Å². The zero-order valence-electron chi connectivity index (χ0n) is 20.3. The summed E-state index contributed by atoms with van der Waals surface area (Å²) in [5.41, 5.74) is -0.475. The monoisotopic (exact) mass is 497 g/mol. The molecule has 0 fully saturated rings. The van der Waals surface area contributed by atoms with Gasteiger partial charge in [-0.2, -0.15) is 13.2 Å². The molecule has 0 aliphatic carbocycles. The van der Waals surface area contributed by atoms with Crippen LogP contribution in [0.1, 0.15) is 43.5 Å². The maximum atomic E-state index is 14.0. The molecule has 0 amide bonds. The Labute approximate surface area is 206 Å². The molecule has 5 nitrogen and oxygen atoms in total. The first-order valence-electron chi connectivity index (χ1n) is 11.1. The summed E-state index contributed by atoms with van der Waals surface area (Å²) in [5, 5.41) is 12.4. The number of aliphatic carboxylic acids is 1. The fourth-order valence-corrected chi connectivity index (χ4v) is 3.78. The van der Waals surface area contributed by atoms with Crippen LogP contribution in [0, 0.1) is 6.92 Å². The highest BCUT2D eigenvalue weighted by molar-refractivity contribution is 5.87. The number of hydrogen-bond donors (Lipinski definition) is 2. The number of allylic oxidation sites excluding steroid dienone is 3. The zero-order chi connectivity index (χ0) is 26.8. The number of carboxylic acids is 1. The molecule has 1 heterocycles. The highest BCUT2D eigenvalue weighted by Crippen LogP contribution is 2.38. The van der Waals surface area contributed by atoms with Gasteiger partial charge in [-0.3, -0.25) is 4.79 Å². The van der Waals surface area contributed by atoms with Crippen LogP contribution in [0.3, 0.4) is 0 Å². The van der Waals surface area contributed by atoms with Crippen LogP contribution in [0.15, 0.2) is 87.3 Å². The largest absolute Gasteiger partial charge is 0.478 e. The van der Waals surface area contributed by atoms with Crippen molar-refractivity contribution in [2.75, 3.05) is 0 Å². The number of carbonyl (C=O) groups is 1. The van der Waals surface area contributed by atoms with Gasteiger partial charge in [0.15, 0.2) is 5.76 Å². The normalized spacial score (nSPS) is 13.5. The maximum Gasteiger partial charge on any atom is 0.423 e. The van der Waals surface area contributed by atoms with Crippen molar-refractivity contribution in [2.45, 2.75) is 39.9 Å². The summed E-state index contributed by atoms with van der Waals surface area (Å²) in [6.45, 7) is 10.3. The minimum absolute atomic E-state index is 0.00587. The topological polar surface area (TPSA) is 79.5 Å². The van der Waals surface area contributed by atoms with E-state index in [0.717, 1.165) is 0 Å². The van der Waals surface area contributed by atoms with Gasteiger partial charge in [0, 0.05) is 16.8 Å². The predicted molar refractivity (Wildman–Crippen MR) is 133 cm³/mol. The van der Waals surface area contributed by atoms with Crippen LogP contribution < -0.4 is 10.7 Å². The summed E-state index contributed by atoms with van der Waals surface area (Å²) in [6, 6.07) is 10.1. The van der Waals surface area contributed by atoms with Gasteiger partial charge < -0.3 is 14.8 Å². The fraction of sp³-hybridized carbons (Fsp3) is 0.214.